The molecule has 0 saturated heterocycles. The van der Waals surface area contributed by atoms with Crippen LogP contribution >= 0.6 is 0 Å². The topological polar surface area (TPSA) is 37.3 Å². The van der Waals surface area contributed by atoms with Crippen molar-refractivity contribution >= 4 is 11.1 Å². The second-order valence-electron chi connectivity index (χ2n) is 4.60. The molecule has 0 bridgehead atoms. The van der Waals surface area contributed by atoms with Gasteiger partial charge in [0.25, 0.3) is 0 Å². The predicted molar refractivity (Wildman–Crippen MR) is 48.9 cm³/mol. The zero-order chi connectivity index (χ0) is 9.28. The highest BCUT2D eigenvalue weighted by Crippen LogP contribution is 2.38. The Balaban J connectivity index is 4.34. The van der Waals surface area contributed by atoms with Gasteiger partial charge in [-0.2, -0.15) is 0 Å². The molecule has 11 heavy (non-hydrogen) atoms. The van der Waals surface area contributed by atoms with Crippen LogP contribution in [0.3, 0.4) is 0 Å². The van der Waals surface area contributed by atoms with Gasteiger partial charge in [0, 0.05) is 0 Å². The highest BCUT2D eigenvalue weighted by atomic mass is 32.2. The summed E-state index contributed by atoms with van der Waals surface area (Å²) in [6.07, 6.45) is 0. The van der Waals surface area contributed by atoms with Crippen LogP contribution in [-0.2, 0) is 11.1 Å². The molecule has 0 rings (SSSR count). The SMILES string of the molecule is CC(C)(C)C(C)(C)CS(=O)O. The molecule has 1 unspecified atom stereocenters. The van der Waals surface area contributed by atoms with Crippen LogP contribution in [0, 0.1) is 10.8 Å². The molecule has 1 atom stereocenters. The second-order valence-corrected chi connectivity index (χ2v) is 5.53. The van der Waals surface area contributed by atoms with Gasteiger partial charge in [-0.3, -0.25) is 0 Å². The zero-order valence-corrected chi connectivity index (χ0v) is 8.79. The summed E-state index contributed by atoms with van der Waals surface area (Å²) in [6.45, 7) is 10.3. The van der Waals surface area contributed by atoms with Gasteiger partial charge in [-0.1, -0.05) is 34.6 Å². The molecule has 0 spiro atoms. The monoisotopic (exact) mass is 178 g/mol. The van der Waals surface area contributed by atoms with Gasteiger partial charge in [-0.05, 0) is 10.8 Å². The Kier molecular flexibility index (Phi) is 3.27. The maximum Gasteiger partial charge on any atom is 0.153 e. The molecule has 2 nitrogen and oxygen atoms in total. The third-order valence-electron chi connectivity index (χ3n) is 2.51. The van der Waals surface area contributed by atoms with Gasteiger partial charge >= 0.3 is 0 Å². The fraction of sp³-hybridized carbons (Fsp3) is 1.00. The van der Waals surface area contributed by atoms with Gasteiger partial charge in [0.05, 0.1) is 5.75 Å². The summed E-state index contributed by atoms with van der Waals surface area (Å²) in [4.78, 5) is 0. The normalized spacial score (nSPS) is 16.5. The highest BCUT2D eigenvalue weighted by molar-refractivity contribution is 7.79. The first-order valence-corrected chi connectivity index (χ1v) is 5.02. The van der Waals surface area contributed by atoms with Gasteiger partial charge in [-0.15, -0.1) is 0 Å². The van der Waals surface area contributed by atoms with Gasteiger partial charge < -0.3 is 4.55 Å². The van der Waals surface area contributed by atoms with Crippen molar-refractivity contribution in [2.75, 3.05) is 5.75 Å². The van der Waals surface area contributed by atoms with E-state index < -0.39 is 11.1 Å². The molecule has 0 aliphatic rings. The average molecular weight is 178 g/mol. The molecular formula is C8H18O2S. The van der Waals surface area contributed by atoms with Crippen LogP contribution in [0.5, 0.6) is 0 Å². The summed E-state index contributed by atoms with van der Waals surface area (Å²) < 4.78 is 19.3. The van der Waals surface area contributed by atoms with Gasteiger partial charge in [0.1, 0.15) is 0 Å². The molecule has 3 heteroatoms. The van der Waals surface area contributed by atoms with E-state index in [0.717, 1.165) is 0 Å². The highest BCUT2D eigenvalue weighted by Gasteiger charge is 2.33. The van der Waals surface area contributed by atoms with E-state index in [9.17, 15) is 4.21 Å². The molecule has 0 fully saturated rings. The molecule has 0 aromatic heterocycles. The van der Waals surface area contributed by atoms with E-state index in [2.05, 4.69) is 20.8 Å². The van der Waals surface area contributed by atoms with Crippen LogP contribution < -0.4 is 0 Å². The van der Waals surface area contributed by atoms with Crippen molar-refractivity contribution in [2.45, 2.75) is 34.6 Å². The Morgan fingerprint density at radius 1 is 1.18 bits per heavy atom. The molecule has 0 heterocycles. The van der Waals surface area contributed by atoms with Gasteiger partial charge in [0.2, 0.25) is 0 Å². The third-order valence-corrected chi connectivity index (χ3v) is 3.48. The molecule has 0 amide bonds. The Bertz CT molecular complexity index is 156. The standard InChI is InChI=1S/C8H18O2S/c1-7(2,3)8(4,5)6-11(9)10/h6H2,1-5H3,(H,9,10). The second kappa shape index (κ2) is 3.23. The van der Waals surface area contributed by atoms with E-state index in [1.54, 1.807) is 0 Å². The van der Waals surface area contributed by atoms with Crippen molar-refractivity contribution in [3.8, 4) is 0 Å². The summed E-state index contributed by atoms with van der Waals surface area (Å²) in [7, 11) is 0. The van der Waals surface area contributed by atoms with E-state index in [-0.39, 0.29) is 10.8 Å². The molecule has 0 aliphatic carbocycles. The van der Waals surface area contributed by atoms with Crippen molar-refractivity contribution in [1.29, 1.82) is 0 Å². The molecule has 0 aromatic carbocycles. The van der Waals surface area contributed by atoms with Crippen molar-refractivity contribution < 1.29 is 8.76 Å². The molecule has 68 valence electrons. The lowest BCUT2D eigenvalue weighted by atomic mass is 9.71. The summed E-state index contributed by atoms with van der Waals surface area (Å²) in [5.41, 5.74) is -0.0159. The molecule has 0 saturated carbocycles. The number of hydrogen-bond donors (Lipinski definition) is 1. The van der Waals surface area contributed by atoms with Crippen LogP contribution in [0.1, 0.15) is 34.6 Å². The first-order chi connectivity index (χ1) is 4.67. The van der Waals surface area contributed by atoms with Crippen molar-refractivity contribution in [3.05, 3.63) is 0 Å². The Hall–Kier alpha value is 0.110. The zero-order valence-electron chi connectivity index (χ0n) is 7.97. The molecule has 1 N–H and O–H groups in total. The lowest BCUT2D eigenvalue weighted by Gasteiger charge is -2.37. The summed E-state index contributed by atoms with van der Waals surface area (Å²) in [5, 5.41) is 0. The minimum Gasteiger partial charge on any atom is -0.306 e. The first-order valence-electron chi connectivity index (χ1n) is 3.74. The van der Waals surface area contributed by atoms with Crippen molar-refractivity contribution in [3.63, 3.8) is 0 Å². The molecular weight excluding hydrogens is 160 g/mol. The summed E-state index contributed by atoms with van der Waals surface area (Å²) in [5.74, 6) is 0.344. The minimum atomic E-state index is -1.68. The lowest BCUT2D eigenvalue weighted by Crippen LogP contribution is -2.34. The fourth-order valence-electron chi connectivity index (χ4n) is 0.525. The molecule has 0 aromatic rings. The fourth-order valence-corrected chi connectivity index (χ4v) is 1.58. The van der Waals surface area contributed by atoms with Crippen LogP contribution in [0.25, 0.3) is 0 Å². The van der Waals surface area contributed by atoms with E-state index in [0.29, 0.717) is 5.75 Å². The van der Waals surface area contributed by atoms with E-state index in [1.807, 2.05) is 13.8 Å². The van der Waals surface area contributed by atoms with Crippen molar-refractivity contribution in [1.82, 2.24) is 0 Å². The summed E-state index contributed by atoms with van der Waals surface area (Å²) >= 11 is -1.68. The maximum absolute atomic E-state index is 10.6. The average Bonchev–Trinajstić information content (AvgIpc) is 1.56. The van der Waals surface area contributed by atoms with Crippen LogP contribution in [-0.4, -0.2) is 14.5 Å². The lowest BCUT2D eigenvalue weighted by molar-refractivity contribution is 0.159. The van der Waals surface area contributed by atoms with Crippen molar-refractivity contribution in [2.24, 2.45) is 10.8 Å². The Morgan fingerprint density at radius 3 is 1.64 bits per heavy atom. The number of rotatable bonds is 2. The third kappa shape index (κ3) is 3.34. The largest absolute Gasteiger partial charge is 0.306 e. The van der Waals surface area contributed by atoms with E-state index in [4.69, 9.17) is 4.55 Å². The van der Waals surface area contributed by atoms with Crippen LogP contribution in [0.2, 0.25) is 0 Å². The predicted octanol–water partition coefficient (Wildman–Crippen LogP) is 2.28. The van der Waals surface area contributed by atoms with Gasteiger partial charge in [-0.25, -0.2) is 4.21 Å². The quantitative estimate of drug-likeness (QED) is 0.659. The Morgan fingerprint density at radius 2 is 1.55 bits per heavy atom. The first kappa shape index (κ1) is 11.1. The molecule has 0 radical (unpaired) electrons. The van der Waals surface area contributed by atoms with Crippen LogP contribution in [0.15, 0.2) is 0 Å². The molecule has 0 aliphatic heterocycles. The van der Waals surface area contributed by atoms with Crippen LogP contribution in [0.4, 0.5) is 0 Å². The maximum atomic E-state index is 10.6. The smallest absolute Gasteiger partial charge is 0.153 e. The van der Waals surface area contributed by atoms with Gasteiger partial charge in [0.15, 0.2) is 11.1 Å². The van der Waals surface area contributed by atoms with E-state index >= 15 is 0 Å². The minimum absolute atomic E-state index is 0.0748. The summed E-state index contributed by atoms with van der Waals surface area (Å²) in [6, 6.07) is 0. The Labute approximate surface area is 71.7 Å². The van der Waals surface area contributed by atoms with E-state index in [1.165, 1.54) is 0 Å². The number of hydrogen-bond acceptors (Lipinski definition) is 1.